The summed E-state index contributed by atoms with van der Waals surface area (Å²) in [5.74, 6) is -11.7. The van der Waals surface area contributed by atoms with E-state index in [1.165, 1.54) is 0 Å². The molecule has 0 bridgehead atoms. The molecule has 0 heterocycles. The van der Waals surface area contributed by atoms with Gasteiger partial charge in [-0.15, -0.1) is 0 Å². The van der Waals surface area contributed by atoms with Gasteiger partial charge < -0.3 is 9.84 Å². The van der Waals surface area contributed by atoms with Gasteiger partial charge in [-0.2, -0.15) is 8.78 Å². The Balaban J connectivity index is 3.14. The second-order valence-corrected chi connectivity index (χ2v) is 4.27. The van der Waals surface area contributed by atoms with Gasteiger partial charge in [0.05, 0.1) is 6.42 Å². The van der Waals surface area contributed by atoms with E-state index in [1.54, 1.807) is 0 Å². The number of rotatable bonds is 5. The van der Waals surface area contributed by atoms with E-state index in [9.17, 15) is 40.3 Å². The second-order valence-electron chi connectivity index (χ2n) is 4.27. The highest BCUT2D eigenvalue weighted by Crippen LogP contribution is 2.44. The fraction of sp³-hybridized carbons (Fsp3) is 0.333. The van der Waals surface area contributed by atoms with Crippen LogP contribution in [-0.2, 0) is 14.3 Å². The van der Waals surface area contributed by atoms with Crippen molar-refractivity contribution in [1.82, 2.24) is 0 Å². The average Bonchev–Trinajstić information content (AvgIpc) is 2.41. The minimum absolute atomic E-state index is 1.02. The molecule has 4 nitrogen and oxygen atoms in total. The van der Waals surface area contributed by atoms with E-state index in [0.29, 0.717) is 0 Å². The maximum Gasteiger partial charge on any atom is 0.431 e. The summed E-state index contributed by atoms with van der Waals surface area (Å²) >= 11 is 0. The molecule has 2 atom stereocenters. The van der Waals surface area contributed by atoms with Gasteiger partial charge in [0, 0.05) is 5.57 Å². The maximum absolute atomic E-state index is 13.6. The summed E-state index contributed by atoms with van der Waals surface area (Å²) in [4.78, 5) is 21.4. The van der Waals surface area contributed by atoms with Gasteiger partial charge in [0.25, 0.3) is 0 Å². The van der Waals surface area contributed by atoms with E-state index in [0.717, 1.165) is 0 Å². The van der Waals surface area contributed by atoms with E-state index in [2.05, 4.69) is 11.3 Å². The molecule has 0 aromatic rings. The van der Waals surface area contributed by atoms with Crippen molar-refractivity contribution >= 4 is 11.9 Å². The summed E-state index contributed by atoms with van der Waals surface area (Å²) in [5.41, 5.74) is -3.59. The predicted molar refractivity (Wildman–Crippen MR) is 59.6 cm³/mol. The van der Waals surface area contributed by atoms with Crippen LogP contribution in [0.4, 0.5) is 30.7 Å². The molecule has 1 rings (SSSR count). The Morgan fingerprint density at radius 2 is 1.65 bits per heavy atom. The number of carbonyl (C=O) groups excluding carboxylic acids is 1. The molecular weight excluding hydrogens is 341 g/mol. The number of aliphatic carboxylic acids is 1. The molecular formula is C12H7F7O4. The van der Waals surface area contributed by atoms with Crippen molar-refractivity contribution in [2.24, 2.45) is 0 Å². The van der Waals surface area contributed by atoms with Crippen LogP contribution >= 0.6 is 0 Å². The number of carbonyl (C=O) groups is 2. The summed E-state index contributed by atoms with van der Waals surface area (Å²) in [6.45, 7) is 2.79. The molecule has 128 valence electrons. The first-order valence-corrected chi connectivity index (χ1v) is 5.64. The Kier molecular flexibility index (Phi) is 5.23. The first kappa shape index (κ1) is 18.7. The molecule has 0 saturated carbocycles. The predicted octanol–water partition coefficient (Wildman–Crippen LogP) is 3.22. The summed E-state index contributed by atoms with van der Waals surface area (Å²) in [7, 11) is 0. The fourth-order valence-electron chi connectivity index (χ4n) is 1.53. The molecule has 0 saturated heterocycles. The third kappa shape index (κ3) is 3.71. The van der Waals surface area contributed by atoms with Gasteiger partial charge in [-0.1, -0.05) is 6.58 Å². The lowest BCUT2D eigenvalue weighted by Crippen LogP contribution is -2.39. The van der Waals surface area contributed by atoms with Crippen LogP contribution in [-0.4, -0.2) is 35.5 Å². The molecule has 0 radical (unpaired) electrons. The van der Waals surface area contributed by atoms with Crippen LogP contribution in [0.5, 0.6) is 0 Å². The van der Waals surface area contributed by atoms with Crippen molar-refractivity contribution in [3.8, 4) is 0 Å². The number of carboxylic acid groups (broad SMARTS) is 1. The molecule has 1 aliphatic rings. The number of halogens is 7. The topological polar surface area (TPSA) is 63.6 Å². The van der Waals surface area contributed by atoms with E-state index in [4.69, 9.17) is 5.11 Å². The van der Waals surface area contributed by atoms with Crippen molar-refractivity contribution in [2.45, 2.75) is 24.9 Å². The molecule has 1 N–H and O–H groups in total. The van der Waals surface area contributed by atoms with Crippen LogP contribution in [0.1, 0.15) is 6.42 Å². The molecule has 0 aromatic carbocycles. The third-order valence-electron chi connectivity index (χ3n) is 2.60. The van der Waals surface area contributed by atoms with Gasteiger partial charge >= 0.3 is 18.0 Å². The van der Waals surface area contributed by atoms with Crippen LogP contribution in [0.25, 0.3) is 0 Å². The molecule has 0 spiro atoms. The Bertz CT molecular complexity index is 623. The fourth-order valence-corrected chi connectivity index (χ4v) is 1.53. The number of alkyl halides is 4. The largest absolute Gasteiger partial charge is 0.481 e. The van der Waals surface area contributed by atoms with Crippen LogP contribution in [0, 0.1) is 0 Å². The summed E-state index contributed by atoms with van der Waals surface area (Å²) in [5, 5.41) is 8.33. The number of hydrogen-bond acceptors (Lipinski definition) is 3. The molecule has 2 unspecified atom stereocenters. The zero-order valence-corrected chi connectivity index (χ0v) is 10.9. The molecule has 11 heteroatoms. The van der Waals surface area contributed by atoms with E-state index in [1.807, 2.05) is 0 Å². The normalized spacial score (nSPS) is 22.2. The second kappa shape index (κ2) is 6.42. The number of esters is 1. The van der Waals surface area contributed by atoms with Gasteiger partial charge in [0.2, 0.25) is 0 Å². The molecule has 1 aliphatic carbocycles. The van der Waals surface area contributed by atoms with E-state index in [-0.39, 0.29) is 0 Å². The van der Waals surface area contributed by atoms with Crippen LogP contribution < -0.4 is 0 Å². The first-order valence-electron chi connectivity index (χ1n) is 5.64. The average molecular weight is 348 g/mol. The van der Waals surface area contributed by atoms with Crippen molar-refractivity contribution < 1.29 is 50.2 Å². The van der Waals surface area contributed by atoms with Crippen molar-refractivity contribution in [1.29, 1.82) is 0 Å². The number of ether oxygens (including phenoxy) is 1. The highest BCUT2D eigenvalue weighted by atomic mass is 19.3. The summed E-state index contributed by atoms with van der Waals surface area (Å²) in [6, 6.07) is 0. The molecule has 23 heavy (non-hydrogen) atoms. The molecule has 0 aliphatic heterocycles. The molecule has 0 amide bonds. The number of carboxylic acids is 1. The number of allylic oxidation sites excluding steroid dienone is 3. The van der Waals surface area contributed by atoms with E-state index >= 15 is 0 Å². The zero-order valence-electron chi connectivity index (χ0n) is 10.9. The zero-order chi connectivity index (χ0) is 18.1. The highest BCUT2D eigenvalue weighted by molar-refractivity contribution is 5.93. The van der Waals surface area contributed by atoms with Crippen molar-refractivity contribution in [3.63, 3.8) is 0 Å². The van der Waals surface area contributed by atoms with Gasteiger partial charge in [-0.3, -0.25) is 4.79 Å². The Hall–Kier alpha value is -2.33. The lowest BCUT2D eigenvalue weighted by Gasteiger charge is -2.26. The minimum atomic E-state index is -5.20. The van der Waals surface area contributed by atoms with Crippen molar-refractivity contribution in [3.05, 3.63) is 35.2 Å². The van der Waals surface area contributed by atoms with Crippen LogP contribution in [0.3, 0.4) is 0 Å². The smallest absolute Gasteiger partial charge is 0.431 e. The molecule has 0 fully saturated rings. The van der Waals surface area contributed by atoms with Gasteiger partial charge in [0.15, 0.2) is 29.8 Å². The molecule has 0 aromatic heterocycles. The Labute approximate surface area is 123 Å². The standard InChI is InChI=1S/C12H7F7O4/c1-3(2-4(20)21)11(22)23-12(18,19)5-6(13)8(15)10(17)9(16)7(5)14/h6,8H,1-2H2,(H,20,21). The quantitative estimate of drug-likeness (QED) is 0.471. The van der Waals surface area contributed by atoms with Crippen LogP contribution in [0.2, 0.25) is 0 Å². The highest BCUT2D eigenvalue weighted by Gasteiger charge is 2.53. The Morgan fingerprint density at radius 3 is 2.13 bits per heavy atom. The lowest BCUT2D eigenvalue weighted by molar-refractivity contribution is -0.214. The lowest BCUT2D eigenvalue weighted by atomic mass is 9.97. The summed E-state index contributed by atoms with van der Waals surface area (Å²) in [6.07, 6.45) is -13.6. The number of hydrogen-bond donors (Lipinski definition) is 1. The van der Waals surface area contributed by atoms with Gasteiger partial charge in [0.1, 0.15) is 5.57 Å². The van der Waals surface area contributed by atoms with E-state index < -0.39 is 65.4 Å². The van der Waals surface area contributed by atoms with Gasteiger partial charge in [-0.05, 0) is 0 Å². The Morgan fingerprint density at radius 1 is 1.13 bits per heavy atom. The first-order chi connectivity index (χ1) is 10.4. The summed E-state index contributed by atoms with van der Waals surface area (Å²) < 4.78 is 95.9. The van der Waals surface area contributed by atoms with Crippen molar-refractivity contribution in [2.75, 3.05) is 0 Å². The monoisotopic (exact) mass is 348 g/mol. The minimum Gasteiger partial charge on any atom is -0.481 e. The van der Waals surface area contributed by atoms with Gasteiger partial charge in [-0.25, -0.2) is 26.7 Å². The SMILES string of the molecule is C=C(CC(=O)O)C(=O)OC(F)(F)C1=C(F)C(F)=C(F)C(F)C1F. The maximum atomic E-state index is 13.6. The third-order valence-corrected chi connectivity index (χ3v) is 2.60. The van der Waals surface area contributed by atoms with Crippen LogP contribution in [0.15, 0.2) is 35.2 Å².